The number of nitrogens with one attached hydrogen (secondary N) is 1. The maximum Gasteiger partial charge on any atom is 0.159 e. The van der Waals surface area contributed by atoms with E-state index in [0.717, 1.165) is 44.1 Å². The van der Waals surface area contributed by atoms with E-state index in [1.807, 2.05) is 0 Å². The highest BCUT2D eigenvalue weighted by molar-refractivity contribution is 5.93. The molecule has 2 heterocycles. The number of nitrogens with zero attached hydrogens (tertiary/aromatic N) is 3. The van der Waals surface area contributed by atoms with Gasteiger partial charge in [0.15, 0.2) is 5.82 Å². The third kappa shape index (κ3) is 3.16. The smallest absolute Gasteiger partial charge is 0.159 e. The lowest BCUT2D eigenvalue weighted by molar-refractivity contribution is 0.583. The van der Waals surface area contributed by atoms with E-state index in [4.69, 9.17) is 0 Å². The Kier molecular flexibility index (Phi) is 4.65. The summed E-state index contributed by atoms with van der Waals surface area (Å²) in [4.78, 5) is 2.35. The predicted molar refractivity (Wildman–Crippen MR) is 87.8 cm³/mol. The molecule has 0 radical (unpaired) electrons. The Morgan fingerprint density at radius 1 is 1.05 bits per heavy atom. The number of hydrogen-bond acceptors (Lipinski definition) is 4. The number of piperazine rings is 1. The molecule has 4 heteroatoms. The average molecular weight is 284 g/mol. The molecule has 1 aromatic heterocycles. The zero-order valence-corrected chi connectivity index (χ0v) is 12.8. The quantitative estimate of drug-likeness (QED) is 0.857. The molecule has 0 spiro atoms. The third-order valence-corrected chi connectivity index (χ3v) is 4.18. The second-order valence-corrected chi connectivity index (χ2v) is 5.71. The molecule has 1 aliphatic rings. The first-order valence-corrected chi connectivity index (χ1v) is 8.10. The van der Waals surface area contributed by atoms with Crippen LogP contribution in [0.3, 0.4) is 0 Å². The van der Waals surface area contributed by atoms with Gasteiger partial charge in [0, 0.05) is 37.0 Å². The van der Waals surface area contributed by atoms with E-state index in [0.29, 0.717) is 0 Å². The zero-order valence-electron chi connectivity index (χ0n) is 12.8. The van der Waals surface area contributed by atoms with Crippen molar-refractivity contribution >= 4 is 16.6 Å². The van der Waals surface area contributed by atoms with Crippen molar-refractivity contribution in [3.8, 4) is 0 Å². The summed E-state index contributed by atoms with van der Waals surface area (Å²) in [6.07, 6.45) is 4.73. The number of fused-ring (bicyclic) bond motifs is 1. The van der Waals surface area contributed by atoms with Crippen LogP contribution >= 0.6 is 0 Å². The molecule has 0 aliphatic carbocycles. The van der Waals surface area contributed by atoms with Crippen molar-refractivity contribution in [3.05, 3.63) is 30.0 Å². The predicted octanol–water partition coefficient (Wildman–Crippen LogP) is 2.77. The Balaban J connectivity index is 1.93. The summed E-state index contributed by atoms with van der Waals surface area (Å²) in [6.45, 7) is 6.29. The Hall–Kier alpha value is -1.68. The van der Waals surface area contributed by atoms with Crippen LogP contribution in [0.2, 0.25) is 0 Å². The Labute approximate surface area is 126 Å². The van der Waals surface area contributed by atoms with E-state index in [1.54, 1.807) is 0 Å². The minimum Gasteiger partial charge on any atom is -0.352 e. The summed E-state index contributed by atoms with van der Waals surface area (Å²) < 4.78 is 0. The molecule has 0 amide bonds. The Morgan fingerprint density at radius 2 is 1.81 bits per heavy atom. The first-order chi connectivity index (χ1) is 10.4. The van der Waals surface area contributed by atoms with Crippen LogP contribution < -0.4 is 10.2 Å². The third-order valence-electron chi connectivity index (χ3n) is 4.18. The van der Waals surface area contributed by atoms with Crippen LogP contribution in [0, 0.1) is 0 Å². The van der Waals surface area contributed by atoms with Gasteiger partial charge in [-0.1, -0.05) is 44.0 Å². The fraction of sp³-hybridized carbons (Fsp3) is 0.529. The van der Waals surface area contributed by atoms with Crippen molar-refractivity contribution in [2.45, 2.75) is 32.6 Å². The van der Waals surface area contributed by atoms with Gasteiger partial charge in [0.05, 0.1) is 5.69 Å². The van der Waals surface area contributed by atoms with Gasteiger partial charge in [-0.2, -0.15) is 5.10 Å². The number of anilines is 1. The van der Waals surface area contributed by atoms with Gasteiger partial charge in [-0.05, 0) is 12.8 Å². The number of unbranched alkanes of at least 4 members (excludes halogenated alkanes) is 2. The maximum atomic E-state index is 4.56. The van der Waals surface area contributed by atoms with E-state index in [9.17, 15) is 0 Å². The van der Waals surface area contributed by atoms with E-state index < -0.39 is 0 Å². The summed E-state index contributed by atoms with van der Waals surface area (Å²) in [7, 11) is 0. The van der Waals surface area contributed by atoms with Crippen LogP contribution in [-0.2, 0) is 6.42 Å². The van der Waals surface area contributed by atoms with Crippen LogP contribution in [0.25, 0.3) is 10.8 Å². The van der Waals surface area contributed by atoms with Crippen molar-refractivity contribution < 1.29 is 0 Å². The highest BCUT2D eigenvalue weighted by Gasteiger charge is 2.16. The molecular weight excluding hydrogens is 260 g/mol. The number of hydrogen-bond donors (Lipinski definition) is 1. The molecule has 2 aromatic rings. The molecule has 112 valence electrons. The molecule has 0 bridgehead atoms. The molecule has 1 aromatic carbocycles. The summed E-state index contributed by atoms with van der Waals surface area (Å²) >= 11 is 0. The first-order valence-electron chi connectivity index (χ1n) is 8.10. The van der Waals surface area contributed by atoms with Crippen molar-refractivity contribution in [2.75, 3.05) is 31.1 Å². The van der Waals surface area contributed by atoms with E-state index in [2.05, 4.69) is 51.6 Å². The molecule has 0 unspecified atom stereocenters. The van der Waals surface area contributed by atoms with Gasteiger partial charge >= 0.3 is 0 Å². The van der Waals surface area contributed by atoms with Crippen LogP contribution in [0.1, 0.15) is 31.9 Å². The fourth-order valence-corrected chi connectivity index (χ4v) is 2.98. The van der Waals surface area contributed by atoms with Crippen LogP contribution in [0.4, 0.5) is 5.82 Å². The van der Waals surface area contributed by atoms with Gasteiger partial charge in [0.25, 0.3) is 0 Å². The second-order valence-electron chi connectivity index (χ2n) is 5.71. The van der Waals surface area contributed by atoms with Gasteiger partial charge in [0.1, 0.15) is 0 Å². The molecular formula is C17H24N4. The molecule has 4 nitrogen and oxygen atoms in total. The number of benzene rings is 1. The molecule has 3 rings (SSSR count). The summed E-state index contributed by atoms with van der Waals surface area (Å²) in [5.41, 5.74) is 1.15. The number of rotatable bonds is 5. The normalized spacial score (nSPS) is 15.6. The van der Waals surface area contributed by atoms with Crippen molar-refractivity contribution in [1.82, 2.24) is 15.5 Å². The van der Waals surface area contributed by atoms with Crippen LogP contribution in [-0.4, -0.2) is 36.4 Å². The minimum atomic E-state index is 1.01. The highest BCUT2D eigenvalue weighted by atomic mass is 15.3. The molecule has 0 saturated carbocycles. The fourth-order valence-electron chi connectivity index (χ4n) is 2.98. The topological polar surface area (TPSA) is 41.1 Å². The molecule has 1 saturated heterocycles. The Morgan fingerprint density at radius 3 is 2.57 bits per heavy atom. The lowest BCUT2D eigenvalue weighted by atomic mass is 10.1. The van der Waals surface area contributed by atoms with Crippen molar-refractivity contribution in [1.29, 1.82) is 0 Å². The van der Waals surface area contributed by atoms with Crippen LogP contribution in [0.15, 0.2) is 24.3 Å². The number of aromatic nitrogens is 2. The molecule has 1 aliphatic heterocycles. The lowest BCUT2D eigenvalue weighted by Crippen LogP contribution is -2.44. The average Bonchev–Trinajstić information content (AvgIpc) is 2.56. The monoisotopic (exact) mass is 284 g/mol. The lowest BCUT2D eigenvalue weighted by Gasteiger charge is -2.29. The second kappa shape index (κ2) is 6.85. The van der Waals surface area contributed by atoms with E-state index >= 15 is 0 Å². The summed E-state index contributed by atoms with van der Waals surface area (Å²) in [6, 6.07) is 8.59. The molecule has 21 heavy (non-hydrogen) atoms. The highest BCUT2D eigenvalue weighted by Crippen LogP contribution is 2.26. The SMILES string of the molecule is CCCCCc1nnc(N2CCNCC2)c2ccccc12. The van der Waals surface area contributed by atoms with Gasteiger partial charge in [0.2, 0.25) is 0 Å². The molecule has 0 atom stereocenters. The van der Waals surface area contributed by atoms with Crippen LogP contribution in [0.5, 0.6) is 0 Å². The Bertz CT molecular complexity index is 590. The van der Waals surface area contributed by atoms with E-state index in [1.165, 1.54) is 30.0 Å². The standard InChI is InChI=1S/C17H24N4/c1-2-3-4-9-16-14-7-5-6-8-15(14)17(20-19-16)21-12-10-18-11-13-21/h5-8,18H,2-4,9-13H2,1H3. The zero-order chi connectivity index (χ0) is 14.5. The first kappa shape index (κ1) is 14.3. The van der Waals surface area contributed by atoms with Crippen molar-refractivity contribution in [2.24, 2.45) is 0 Å². The van der Waals surface area contributed by atoms with Gasteiger partial charge < -0.3 is 10.2 Å². The number of aryl methyl sites for hydroxylation is 1. The van der Waals surface area contributed by atoms with Crippen molar-refractivity contribution in [3.63, 3.8) is 0 Å². The summed E-state index contributed by atoms with van der Waals surface area (Å²) in [5.74, 6) is 1.05. The molecule has 1 N–H and O–H groups in total. The maximum absolute atomic E-state index is 4.56. The van der Waals surface area contributed by atoms with E-state index in [-0.39, 0.29) is 0 Å². The molecule has 1 fully saturated rings. The van der Waals surface area contributed by atoms with Gasteiger partial charge in [-0.25, -0.2) is 0 Å². The van der Waals surface area contributed by atoms with Gasteiger partial charge in [-0.15, -0.1) is 5.10 Å². The summed E-state index contributed by atoms with van der Waals surface area (Å²) in [5, 5.41) is 15.0. The largest absolute Gasteiger partial charge is 0.352 e. The van der Waals surface area contributed by atoms with Gasteiger partial charge in [-0.3, -0.25) is 0 Å². The minimum absolute atomic E-state index is 1.01.